The van der Waals surface area contributed by atoms with Crippen molar-refractivity contribution in [3.8, 4) is 0 Å². The van der Waals surface area contributed by atoms with Crippen LogP contribution in [0.3, 0.4) is 0 Å². The predicted octanol–water partition coefficient (Wildman–Crippen LogP) is 1.55. The van der Waals surface area contributed by atoms with E-state index < -0.39 is 5.97 Å². The summed E-state index contributed by atoms with van der Waals surface area (Å²) in [6.45, 7) is 2.62. The molecule has 1 aliphatic rings. The molecule has 0 aliphatic heterocycles. The Morgan fingerprint density at radius 3 is 2.67 bits per heavy atom. The lowest BCUT2D eigenvalue weighted by Crippen LogP contribution is -2.30. The lowest BCUT2D eigenvalue weighted by Gasteiger charge is -2.22. The molecule has 0 spiro atoms. The standard InChI is InChI=1S/C14H22N4O3/c1-2-8-15-11(19)9-18-13(10-6-4-3-5-7-10)12(14(20)21)16-17-18/h10H,2-9H2,1H3,(H,15,19)(H,20,21). The predicted molar refractivity (Wildman–Crippen MR) is 76.1 cm³/mol. The first-order valence-electron chi connectivity index (χ1n) is 7.56. The molecule has 1 heterocycles. The zero-order chi connectivity index (χ0) is 15.2. The molecular weight excluding hydrogens is 272 g/mol. The van der Waals surface area contributed by atoms with Crippen LogP contribution in [-0.4, -0.2) is 38.5 Å². The molecule has 0 unspecified atom stereocenters. The summed E-state index contributed by atoms with van der Waals surface area (Å²) in [5, 5.41) is 19.7. The highest BCUT2D eigenvalue weighted by Crippen LogP contribution is 2.33. The molecule has 116 valence electrons. The summed E-state index contributed by atoms with van der Waals surface area (Å²) in [4.78, 5) is 23.2. The maximum atomic E-state index is 11.8. The summed E-state index contributed by atoms with van der Waals surface area (Å²) < 4.78 is 1.46. The highest BCUT2D eigenvalue weighted by molar-refractivity contribution is 5.87. The summed E-state index contributed by atoms with van der Waals surface area (Å²) in [5.41, 5.74) is 0.596. The van der Waals surface area contributed by atoms with E-state index in [0.29, 0.717) is 12.2 Å². The van der Waals surface area contributed by atoms with Gasteiger partial charge in [0.2, 0.25) is 5.91 Å². The molecule has 0 saturated heterocycles. The number of aromatic carboxylic acids is 1. The second-order valence-corrected chi connectivity index (χ2v) is 5.47. The second-order valence-electron chi connectivity index (χ2n) is 5.47. The fourth-order valence-electron chi connectivity index (χ4n) is 2.83. The van der Waals surface area contributed by atoms with Gasteiger partial charge < -0.3 is 10.4 Å². The van der Waals surface area contributed by atoms with Crippen LogP contribution in [0.2, 0.25) is 0 Å². The fourth-order valence-corrected chi connectivity index (χ4v) is 2.83. The minimum Gasteiger partial charge on any atom is -0.476 e. The van der Waals surface area contributed by atoms with Gasteiger partial charge in [0, 0.05) is 12.5 Å². The van der Waals surface area contributed by atoms with Crippen LogP contribution in [0.25, 0.3) is 0 Å². The minimum atomic E-state index is -1.07. The van der Waals surface area contributed by atoms with E-state index in [9.17, 15) is 14.7 Å². The average Bonchev–Trinajstić information content (AvgIpc) is 2.89. The van der Waals surface area contributed by atoms with Crippen molar-refractivity contribution in [2.45, 2.75) is 57.9 Å². The molecule has 0 bridgehead atoms. The van der Waals surface area contributed by atoms with Crippen LogP contribution in [0, 0.1) is 0 Å². The maximum absolute atomic E-state index is 11.8. The summed E-state index contributed by atoms with van der Waals surface area (Å²) in [7, 11) is 0. The SMILES string of the molecule is CCCNC(=O)Cn1nnc(C(=O)O)c1C1CCCCC1. The molecule has 1 amide bonds. The number of hydrogen-bond donors (Lipinski definition) is 2. The molecule has 1 aromatic rings. The lowest BCUT2D eigenvalue weighted by molar-refractivity contribution is -0.121. The van der Waals surface area contributed by atoms with Crippen molar-refractivity contribution in [3.05, 3.63) is 11.4 Å². The smallest absolute Gasteiger partial charge is 0.358 e. The Morgan fingerprint density at radius 1 is 1.33 bits per heavy atom. The van der Waals surface area contributed by atoms with E-state index >= 15 is 0 Å². The number of carbonyl (C=O) groups excluding carboxylic acids is 1. The Balaban J connectivity index is 2.20. The van der Waals surface area contributed by atoms with Crippen LogP contribution in [0.5, 0.6) is 0 Å². The van der Waals surface area contributed by atoms with E-state index in [4.69, 9.17) is 0 Å². The zero-order valence-corrected chi connectivity index (χ0v) is 12.3. The number of aromatic nitrogens is 3. The van der Waals surface area contributed by atoms with E-state index in [1.807, 2.05) is 6.92 Å². The van der Waals surface area contributed by atoms with Crippen LogP contribution in [0.4, 0.5) is 0 Å². The fraction of sp³-hybridized carbons (Fsp3) is 0.714. The van der Waals surface area contributed by atoms with Gasteiger partial charge in [-0.25, -0.2) is 9.48 Å². The van der Waals surface area contributed by atoms with Gasteiger partial charge in [-0.2, -0.15) is 0 Å². The van der Waals surface area contributed by atoms with Gasteiger partial charge in [0.25, 0.3) is 0 Å². The first kappa shape index (κ1) is 15.5. The molecular formula is C14H22N4O3. The number of hydrogen-bond acceptors (Lipinski definition) is 4. The molecule has 1 saturated carbocycles. The summed E-state index contributed by atoms with van der Waals surface area (Å²) >= 11 is 0. The van der Waals surface area contributed by atoms with Crippen molar-refractivity contribution in [1.29, 1.82) is 0 Å². The quantitative estimate of drug-likeness (QED) is 0.829. The number of nitrogens with zero attached hydrogens (tertiary/aromatic N) is 3. The van der Waals surface area contributed by atoms with E-state index in [2.05, 4.69) is 15.6 Å². The minimum absolute atomic E-state index is 0.00908. The van der Waals surface area contributed by atoms with Gasteiger partial charge in [-0.05, 0) is 19.3 Å². The lowest BCUT2D eigenvalue weighted by atomic mass is 9.86. The van der Waals surface area contributed by atoms with E-state index in [-0.39, 0.29) is 24.1 Å². The molecule has 0 radical (unpaired) electrons. The van der Waals surface area contributed by atoms with Gasteiger partial charge in [0.1, 0.15) is 6.54 Å². The highest BCUT2D eigenvalue weighted by atomic mass is 16.4. The van der Waals surface area contributed by atoms with E-state index in [0.717, 1.165) is 32.1 Å². The third-order valence-electron chi connectivity index (χ3n) is 3.83. The average molecular weight is 294 g/mol. The topological polar surface area (TPSA) is 97.1 Å². The second kappa shape index (κ2) is 7.19. The van der Waals surface area contributed by atoms with Crippen molar-refractivity contribution in [2.75, 3.05) is 6.54 Å². The monoisotopic (exact) mass is 294 g/mol. The van der Waals surface area contributed by atoms with E-state index in [1.165, 1.54) is 11.1 Å². The van der Waals surface area contributed by atoms with E-state index in [1.54, 1.807) is 0 Å². The molecule has 0 aromatic carbocycles. The van der Waals surface area contributed by atoms with Crippen LogP contribution < -0.4 is 5.32 Å². The highest BCUT2D eigenvalue weighted by Gasteiger charge is 2.28. The van der Waals surface area contributed by atoms with Crippen molar-refractivity contribution in [3.63, 3.8) is 0 Å². The number of amides is 1. The molecule has 7 heteroatoms. The summed E-state index contributed by atoms with van der Waals surface area (Å²) in [6.07, 6.45) is 6.07. The van der Waals surface area contributed by atoms with Gasteiger partial charge in [-0.15, -0.1) is 5.10 Å². The molecule has 2 rings (SSSR count). The van der Waals surface area contributed by atoms with Crippen LogP contribution >= 0.6 is 0 Å². The van der Waals surface area contributed by atoms with Gasteiger partial charge >= 0.3 is 5.97 Å². The molecule has 1 fully saturated rings. The third kappa shape index (κ3) is 3.80. The first-order valence-corrected chi connectivity index (χ1v) is 7.56. The number of rotatable bonds is 6. The van der Waals surface area contributed by atoms with Crippen LogP contribution in [0.1, 0.15) is 67.5 Å². The summed E-state index contributed by atoms with van der Waals surface area (Å²) in [6, 6.07) is 0. The number of carboxylic acids is 1. The molecule has 7 nitrogen and oxygen atoms in total. The normalized spacial score (nSPS) is 15.9. The molecule has 2 N–H and O–H groups in total. The van der Waals surface area contributed by atoms with Gasteiger partial charge in [-0.1, -0.05) is 31.4 Å². The van der Waals surface area contributed by atoms with Gasteiger partial charge in [-0.3, -0.25) is 4.79 Å². The number of carboxylic acid groups (broad SMARTS) is 1. The number of carbonyl (C=O) groups is 2. The Kier molecular flexibility index (Phi) is 5.30. The summed E-state index contributed by atoms with van der Waals surface area (Å²) in [5.74, 6) is -1.09. The Bertz CT molecular complexity index is 506. The molecule has 1 aromatic heterocycles. The third-order valence-corrected chi connectivity index (χ3v) is 3.83. The first-order chi connectivity index (χ1) is 10.1. The van der Waals surface area contributed by atoms with Crippen molar-refractivity contribution < 1.29 is 14.7 Å². The Labute approximate surface area is 123 Å². The largest absolute Gasteiger partial charge is 0.476 e. The molecule has 0 atom stereocenters. The Morgan fingerprint density at radius 2 is 2.05 bits per heavy atom. The van der Waals surface area contributed by atoms with Crippen LogP contribution in [-0.2, 0) is 11.3 Å². The molecule has 21 heavy (non-hydrogen) atoms. The van der Waals surface area contributed by atoms with Crippen molar-refractivity contribution in [1.82, 2.24) is 20.3 Å². The maximum Gasteiger partial charge on any atom is 0.358 e. The van der Waals surface area contributed by atoms with Crippen LogP contribution in [0.15, 0.2) is 0 Å². The number of nitrogens with one attached hydrogen (secondary N) is 1. The van der Waals surface area contributed by atoms with Crippen molar-refractivity contribution in [2.24, 2.45) is 0 Å². The molecule has 1 aliphatic carbocycles. The Hall–Kier alpha value is -1.92. The van der Waals surface area contributed by atoms with Gasteiger partial charge in [0.05, 0.1) is 5.69 Å². The zero-order valence-electron chi connectivity index (χ0n) is 12.3. The van der Waals surface area contributed by atoms with Crippen molar-refractivity contribution >= 4 is 11.9 Å². The van der Waals surface area contributed by atoms with Gasteiger partial charge in [0.15, 0.2) is 5.69 Å².